The average Bonchev–Trinajstić information content (AvgIpc) is 3.28. The van der Waals surface area contributed by atoms with E-state index in [0.717, 1.165) is 20.8 Å². The second-order valence-corrected chi connectivity index (χ2v) is 17.0. The van der Waals surface area contributed by atoms with E-state index in [4.69, 9.17) is 13.9 Å². The van der Waals surface area contributed by atoms with Crippen LogP contribution in [0.4, 0.5) is 4.79 Å². The van der Waals surface area contributed by atoms with Gasteiger partial charge in [-0.2, -0.15) is 0 Å². The molecule has 222 valence electrons. The van der Waals surface area contributed by atoms with Gasteiger partial charge in [0.25, 0.3) is 8.32 Å². The first kappa shape index (κ1) is 31.2. The number of esters is 1. The molecule has 2 atom stereocenters. The van der Waals surface area contributed by atoms with Crippen LogP contribution in [0.1, 0.15) is 53.5 Å². The predicted molar refractivity (Wildman–Crippen MR) is 165 cm³/mol. The van der Waals surface area contributed by atoms with Crippen molar-refractivity contribution in [2.45, 2.75) is 71.3 Å². The highest BCUT2D eigenvalue weighted by Gasteiger charge is 2.53. The molecule has 1 aliphatic rings. The summed E-state index contributed by atoms with van der Waals surface area (Å²) < 4.78 is 18.2. The quantitative estimate of drug-likeness (QED) is 0.198. The molecule has 0 aromatic heterocycles. The Balaban J connectivity index is 1.66. The molecule has 1 saturated heterocycles. The molecule has 8 heteroatoms. The number of amides is 2. The topological polar surface area (TPSA) is 82.1 Å². The first-order chi connectivity index (χ1) is 19.8. The van der Waals surface area contributed by atoms with Crippen LogP contribution in [0.2, 0.25) is 5.04 Å². The van der Waals surface area contributed by atoms with Gasteiger partial charge in [0.15, 0.2) is 0 Å². The lowest BCUT2D eigenvalue weighted by molar-refractivity contribution is -0.153. The van der Waals surface area contributed by atoms with Crippen molar-refractivity contribution in [1.29, 1.82) is 0 Å². The Bertz CT molecular complexity index is 1330. The van der Waals surface area contributed by atoms with Gasteiger partial charge in [-0.15, -0.1) is 0 Å². The number of imide groups is 1. The Kier molecular flexibility index (Phi) is 9.38. The van der Waals surface area contributed by atoms with E-state index in [9.17, 15) is 14.4 Å². The maximum absolute atomic E-state index is 13.6. The highest BCUT2D eigenvalue weighted by atomic mass is 28.4. The van der Waals surface area contributed by atoms with Gasteiger partial charge in [-0.3, -0.25) is 9.59 Å². The predicted octanol–water partition coefficient (Wildman–Crippen LogP) is 5.46. The monoisotopic (exact) mass is 587 g/mol. The fourth-order valence-electron chi connectivity index (χ4n) is 5.53. The molecule has 0 bridgehead atoms. The van der Waals surface area contributed by atoms with Crippen LogP contribution in [0.3, 0.4) is 0 Å². The van der Waals surface area contributed by atoms with E-state index >= 15 is 0 Å². The summed E-state index contributed by atoms with van der Waals surface area (Å²) in [4.78, 5) is 41.3. The third kappa shape index (κ3) is 6.82. The van der Waals surface area contributed by atoms with E-state index in [1.54, 1.807) is 20.8 Å². The molecule has 42 heavy (non-hydrogen) atoms. The number of likely N-dealkylation sites (tertiary alicyclic amines) is 1. The zero-order valence-electron chi connectivity index (χ0n) is 25.3. The van der Waals surface area contributed by atoms with Crippen LogP contribution in [0.15, 0.2) is 91.0 Å². The standard InChI is InChI=1S/C34H41NO6Si/c1-33(2,3)41-32(38)35-26(22-29(30(35)36)31(37)39-23-25-16-10-7-11-17-25)24-40-42(34(4,5)6,27-18-12-8-13-19-27)28-20-14-9-15-21-28/h7-21,26,29H,22-24H2,1-6H3/t26-,29?/m0/s1. The largest absolute Gasteiger partial charge is 0.460 e. The second-order valence-electron chi connectivity index (χ2n) is 12.7. The van der Waals surface area contributed by atoms with Crippen LogP contribution >= 0.6 is 0 Å². The molecule has 0 aliphatic carbocycles. The molecule has 0 radical (unpaired) electrons. The van der Waals surface area contributed by atoms with Crippen molar-refractivity contribution in [2.75, 3.05) is 6.61 Å². The summed E-state index contributed by atoms with van der Waals surface area (Å²) in [5.74, 6) is -2.42. The summed E-state index contributed by atoms with van der Waals surface area (Å²) in [6, 6.07) is 28.8. The maximum Gasteiger partial charge on any atom is 0.417 e. The molecular weight excluding hydrogens is 546 g/mol. The van der Waals surface area contributed by atoms with Crippen molar-refractivity contribution in [3.05, 3.63) is 96.6 Å². The van der Waals surface area contributed by atoms with Crippen LogP contribution in [0.25, 0.3) is 0 Å². The van der Waals surface area contributed by atoms with E-state index in [-0.39, 0.29) is 24.7 Å². The van der Waals surface area contributed by atoms with Gasteiger partial charge in [0.1, 0.15) is 18.1 Å². The summed E-state index contributed by atoms with van der Waals surface area (Å²) in [6.07, 6.45) is -0.703. The Morgan fingerprint density at radius 1 is 0.810 bits per heavy atom. The van der Waals surface area contributed by atoms with Gasteiger partial charge in [0.05, 0.1) is 12.6 Å². The molecule has 2 amide bonds. The summed E-state index contributed by atoms with van der Waals surface area (Å²) in [5.41, 5.74) is -0.0148. The van der Waals surface area contributed by atoms with E-state index in [2.05, 4.69) is 45.0 Å². The van der Waals surface area contributed by atoms with Gasteiger partial charge in [-0.1, -0.05) is 112 Å². The highest BCUT2D eigenvalue weighted by molar-refractivity contribution is 6.99. The molecule has 3 aromatic rings. The normalized spacial score (nSPS) is 17.7. The maximum atomic E-state index is 13.6. The van der Waals surface area contributed by atoms with Gasteiger partial charge in [-0.25, -0.2) is 9.69 Å². The molecule has 3 aromatic carbocycles. The van der Waals surface area contributed by atoms with Crippen molar-refractivity contribution < 1.29 is 28.3 Å². The van der Waals surface area contributed by atoms with Crippen molar-refractivity contribution >= 4 is 36.7 Å². The molecule has 0 spiro atoms. The molecule has 1 aliphatic heterocycles. The van der Waals surface area contributed by atoms with Gasteiger partial charge in [0.2, 0.25) is 5.91 Å². The zero-order valence-corrected chi connectivity index (χ0v) is 26.3. The molecular formula is C34H41NO6Si. The van der Waals surface area contributed by atoms with Crippen LogP contribution in [-0.2, 0) is 30.1 Å². The zero-order chi connectivity index (χ0) is 30.5. The number of ether oxygens (including phenoxy) is 2. The average molecular weight is 588 g/mol. The summed E-state index contributed by atoms with van der Waals surface area (Å²) in [7, 11) is -2.96. The van der Waals surface area contributed by atoms with E-state index in [0.29, 0.717) is 0 Å². The molecule has 1 fully saturated rings. The van der Waals surface area contributed by atoms with Crippen LogP contribution in [0.5, 0.6) is 0 Å². The lowest BCUT2D eigenvalue weighted by atomic mass is 10.1. The molecule has 1 heterocycles. The summed E-state index contributed by atoms with van der Waals surface area (Å²) in [6.45, 7) is 11.8. The Labute approximate surface area is 249 Å². The molecule has 0 saturated carbocycles. The molecule has 1 unspecified atom stereocenters. The van der Waals surface area contributed by atoms with Gasteiger partial charge in [-0.05, 0) is 48.2 Å². The van der Waals surface area contributed by atoms with Crippen molar-refractivity contribution in [1.82, 2.24) is 4.90 Å². The lowest BCUT2D eigenvalue weighted by Crippen LogP contribution is -2.67. The van der Waals surface area contributed by atoms with E-state index in [1.807, 2.05) is 66.7 Å². The molecule has 4 rings (SSSR count). The minimum Gasteiger partial charge on any atom is -0.460 e. The van der Waals surface area contributed by atoms with Gasteiger partial charge < -0.3 is 13.9 Å². The molecule has 0 N–H and O–H groups in total. The third-order valence-corrected chi connectivity index (χ3v) is 12.4. The Morgan fingerprint density at radius 3 is 1.79 bits per heavy atom. The van der Waals surface area contributed by atoms with Crippen LogP contribution in [0, 0.1) is 5.92 Å². The van der Waals surface area contributed by atoms with Crippen LogP contribution in [-0.4, -0.2) is 49.4 Å². The van der Waals surface area contributed by atoms with Crippen molar-refractivity contribution in [2.24, 2.45) is 5.92 Å². The van der Waals surface area contributed by atoms with E-state index < -0.39 is 43.8 Å². The SMILES string of the molecule is CC(C)(C)OC(=O)N1C(=O)C(C(=O)OCc2ccccc2)C[C@H]1CO[Si](c1ccccc1)(c1ccccc1)C(C)(C)C. The fourth-order valence-corrected chi connectivity index (χ4v) is 10.1. The van der Waals surface area contributed by atoms with Gasteiger partial charge in [0, 0.05) is 0 Å². The number of hydrogen-bond donors (Lipinski definition) is 0. The number of nitrogens with zero attached hydrogens (tertiary/aromatic N) is 1. The van der Waals surface area contributed by atoms with Crippen molar-refractivity contribution in [3.8, 4) is 0 Å². The van der Waals surface area contributed by atoms with Gasteiger partial charge >= 0.3 is 12.1 Å². The number of hydrogen-bond acceptors (Lipinski definition) is 6. The number of rotatable bonds is 8. The smallest absolute Gasteiger partial charge is 0.417 e. The first-order valence-corrected chi connectivity index (χ1v) is 16.3. The number of carbonyl (C=O) groups is 3. The van der Waals surface area contributed by atoms with Crippen LogP contribution < -0.4 is 10.4 Å². The number of benzene rings is 3. The van der Waals surface area contributed by atoms with E-state index in [1.165, 1.54) is 0 Å². The third-order valence-electron chi connectivity index (χ3n) is 7.42. The summed E-state index contributed by atoms with van der Waals surface area (Å²) in [5, 5.41) is 1.86. The molecule has 7 nitrogen and oxygen atoms in total. The number of carbonyl (C=O) groups excluding carboxylic acids is 3. The Morgan fingerprint density at radius 2 is 1.31 bits per heavy atom. The summed E-state index contributed by atoms with van der Waals surface area (Å²) >= 11 is 0. The highest BCUT2D eigenvalue weighted by Crippen LogP contribution is 2.38. The Hall–Kier alpha value is -3.75. The minimum absolute atomic E-state index is 0.0408. The fraction of sp³-hybridized carbons (Fsp3) is 0.382. The first-order valence-electron chi connectivity index (χ1n) is 14.3. The van der Waals surface area contributed by atoms with Crippen molar-refractivity contribution in [3.63, 3.8) is 0 Å². The lowest BCUT2D eigenvalue weighted by Gasteiger charge is -2.44. The second kappa shape index (κ2) is 12.6. The minimum atomic E-state index is -2.96.